The van der Waals surface area contributed by atoms with Gasteiger partial charge in [0.2, 0.25) is 5.91 Å². The Morgan fingerprint density at radius 3 is 2.47 bits per heavy atom. The highest BCUT2D eigenvalue weighted by molar-refractivity contribution is 5.92. The number of likely N-dealkylation sites (N-methyl/N-ethyl adjacent to an activating group) is 1. The first-order valence-electron chi connectivity index (χ1n) is 6.10. The van der Waals surface area contributed by atoms with Gasteiger partial charge < -0.3 is 10.2 Å². The van der Waals surface area contributed by atoms with E-state index in [2.05, 4.69) is 10.3 Å². The van der Waals surface area contributed by atoms with E-state index in [9.17, 15) is 4.79 Å². The number of benzene rings is 1. The summed E-state index contributed by atoms with van der Waals surface area (Å²) in [6.45, 7) is 0.379. The minimum atomic E-state index is -0.0147. The molecule has 0 aliphatic rings. The smallest absolute Gasteiger partial charge is 0.238 e. The Morgan fingerprint density at radius 1 is 1.16 bits per heavy atom. The Bertz CT molecular complexity index is 535. The van der Waals surface area contributed by atoms with Crippen molar-refractivity contribution < 1.29 is 4.79 Å². The molecule has 0 radical (unpaired) electrons. The minimum Gasteiger partial charge on any atom is -0.325 e. The molecule has 0 spiro atoms. The van der Waals surface area contributed by atoms with Crippen LogP contribution >= 0.6 is 0 Å². The molecule has 19 heavy (non-hydrogen) atoms. The molecule has 1 heterocycles. The van der Waals surface area contributed by atoms with Gasteiger partial charge in [-0.1, -0.05) is 18.2 Å². The molecular weight excluding hydrogens is 238 g/mol. The molecule has 0 aliphatic heterocycles. The number of carbonyl (C=O) groups excluding carboxylic acids is 1. The summed E-state index contributed by atoms with van der Waals surface area (Å²) < 4.78 is 0. The van der Waals surface area contributed by atoms with Crippen molar-refractivity contribution in [3.63, 3.8) is 0 Å². The number of amides is 1. The van der Waals surface area contributed by atoms with Gasteiger partial charge in [-0.3, -0.25) is 9.78 Å². The zero-order chi connectivity index (χ0) is 13.7. The second-order valence-electron chi connectivity index (χ2n) is 4.61. The van der Waals surface area contributed by atoms with Gasteiger partial charge >= 0.3 is 0 Å². The monoisotopic (exact) mass is 255 g/mol. The van der Waals surface area contributed by atoms with E-state index in [1.807, 2.05) is 61.6 Å². The molecule has 0 saturated heterocycles. The zero-order valence-electron chi connectivity index (χ0n) is 11.1. The van der Waals surface area contributed by atoms with Crippen molar-refractivity contribution in [1.29, 1.82) is 0 Å². The maximum absolute atomic E-state index is 11.6. The summed E-state index contributed by atoms with van der Waals surface area (Å²) in [6, 6.07) is 11.7. The SMILES string of the molecule is CN(C)CC(=O)Nc1ccc(-c2cccnc2)cc1. The van der Waals surface area contributed by atoms with Crippen molar-refractivity contribution in [2.45, 2.75) is 0 Å². The number of anilines is 1. The van der Waals surface area contributed by atoms with E-state index in [1.54, 1.807) is 6.20 Å². The normalized spacial score (nSPS) is 10.5. The van der Waals surface area contributed by atoms with Crippen LogP contribution in [0.15, 0.2) is 48.8 Å². The molecule has 0 bridgehead atoms. The van der Waals surface area contributed by atoms with Gasteiger partial charge in [0.05, 0.1) is 6.54 Å². The predicted molar refractivity (Wildman–Crippen MR) is 76.9 cm³/mol. The molecule has 0 aliphatic carbocycles. The van der Waals surface area contributed by atoms with E-state index in [1.165, 1.54) is 0 Å². The lowest BCUT2D eigenvalue weighted by Gasteiger charge is -2.10. The number of hydrogen-bond acceptors (Lipinski definition) is 3. The quantitative estimate of drug-likeness (QED) is 0.911. The van der Waals surface area contributed by atoms with Crippen LogP contribution in [-0.4, -0.2) is 36.4 Å². The van der Waals surface area contributed by atoms with Gasteiger partial charge in [-0.2, -0.15) is 0 Å². The summed E-state index contributed by atoms with van der Waals surface area (Å²) in [6.07, 6.45) is 3.57. The van der Waals surface area contributed by atoms with Crippen LogP contribution in [0.3, 0.4) is 0 Å². The molecule has 0 saturated carbocycles. The number of nitrogens with zero attached hydrogens (tertiary/aromatic N) is 2. The van der Waals surface area contributed by atoms with Crippen molar-refractivity contribution in [2.75, 3.05) is 26.0 Å². The molecular formula is C15H17N3O. The molecule has 1 aromatic carbocycles. The van der Waals surface area contributed by atoms with E-state index < -0.39 is 0 Å². The number of hydrogen-bond donors (Lipinski definition) is 1. The highest BCUT2D eigenvalue weighted by Gasteiger charge is 2.04. The Morgan fingerprint density at radius 2 is 1.89 bits per heavy atom. The molecule has 98 valence electrons. The lowest BCUT2D eigenvalue weighted by molar-refractivity contribution is -0.116. The van der Waals surface area contributed by atoms with Gasteiger partial charge in [-0.05, 0) is 43.4 Å². The third kappa shape index (κ3) is 3.89. The Labute approximate surface area is 113 Å². The summed E-state index contributed by atoms with van der Waals surface area (Å²) in [5.74, 6) is -0.0147. The molecule has 2 rings (SSSR count). The lowest BCUT2D eigenvalue weighted by Crippen LogP contribution is -2.26. The highest BCUT2D eigenvalue weighted by atomic mass is 16.2. The van der Waals surface area contributed by atoms with Crippen LogP contribution in [0.4, 0.5) is 5.69 Å². The summed E-state index contributed by atoms with van der Waals surface area (Å²) in [5, 5.41) is 2.86. The maximum Gasteiger partial charge on any atom is 0.238 e. The van der Waals surface area contributed by atoms with Gasteiger partial charge in [-0.25, -0.2) is 0 Å². The van der Waals surface area contributed by atoms with Crippen LogP contribution in [0.1, 0.15) is 0 Å². The molecule has 4 heteroatoms. The summed E-state index contributed by atoms with van der Waals surface area (Å²) in [4.78, 5) is 17.5. The van der Waals surface area contributed by atoms with E-state index in [0.29, 0.717) is 6.54 Å². The largest absolute Gasteiger partial charge is 0.325 e. The minimum absolute atomic E-state index is 0.0147. The van der Waals surface area contributed by atoms with Gasteiger partial charge in [0, 0.05) is 18.1 Å². The Hall–Kier alpha value is -2.20. The second kappa shape index (κ2) is 6.11. The fraction of sp³-hybridized carbons (Fsp3) is 0.200. The first kappa shape index (κ1) is 13.2. The maximum atomic E-state index is 11.6. The lowest BCUT2D eigenvalue weighted by atomic mass is 10.1. The predicted octanol–water partition coefficient (Wildman–Crippen LogP) is 2.25. The molecule has 1 aromatic heterocycles. The number of nitrogens with one attached hydrogen (secondary N) is 1. The number of rotatable bonds is 4. The van der Waals surface area contributed by atoms with Gasteiger partial charge in [0.15, 0.2) is 0 Å². The average molecular weight is 255 g/mol. The molecule has 0 fully saturated rings. The third-order valence-corrected chi connectivity index (χ3v) is 2.62. The van der Waals surface area contributed by atoms with Crippen molar-refractivity contribution >= 4 is 11.6 Å². The Kier molecular flexibility index (Phi) is 4.26. The summed E-state index contributed by atoms with van der Waals surface area (Å²) in [5.41, 5.74) is 2.95. The van der Waals surface area contributed by atoms with Gasteiger partial charge in [0.1, 0.15) is 0 Å². The zero-order valence-corrected chi connectivity index (χ0v) is 11.1. The molecule has 0 atom stereocenters. The number of carbonyl (C=O) groups is 1. The molecule has 1 N–H and O–H groups in total. The first-order valence-corrected chi connectivity index (χ1v) is 6.10. The fourth-order valence-electron chi connectivity index (χ4n) is 1.77. The first-order chi connectivity index (χ1) is 9.15. The topological polar surface area (TPSA) is 45.2 Å². The molecule has 1 amide bonds. The van der Waals surface area contributed by atoms with E-state index in [4.69, 9.17) is 0 Å². The van der Waals surface area contributed by atoms with Gasteiger partial charge in [0.25, 0.3) is 0 Å². The standard InChI is InChI=1S/C15H17N3O/c1-18(2)11-15(19)17-14-7-5-12(6-8-14)13-4-3-9-16-10-13/h3-10H,11H2,1-2H3,(H,17,19). The average Bonchev–Trinajstić information content (AvgIpc) is 2.39. The summed E-state index contributed by atoms with van der Waals surface area (Å²) >= 11 is 0. The van der Waals surface area contributed by atoms with Crippen molar-refractivity contribution in [2.24, 2.45) is 0 Å². The van der Waals surface area contributed by atoms with E-state index >= 15 is 0 Å². The third-order valence-electron chi connectivity index (χ3n) is 2.62. The van der Waals surface area contributed by atoms with Gasteiger partial charge in [-0.15, -0.1) is 0 Å². The van der Waals surface area contributed by atoms with Crippen LogP contribution in [0, 0.1) is 0 Å². The van der Waals surface area contributed by atoms with E-state index in [-0.39, 0.29) is 5.91 Å². The van der Waals surface area contributed by atoms with Crippen LogP contribution in [0.5, 0.6) is 0 Å². The van der Waals surface area contributed by atoms with Crippen LogP contribution in [-0.2, 0) is 4.79 Å². The highest BCUT2D eigenvalue weighted by Crippen LogP contribution is 2.20. The van der Waals surface area contributed by atoms with Crippen LogP contribution < -0.4 is 5.32 Å². The number of aromatic nitrogens is 1. The second-order valence-corrected chi connectivity index (χ2v) is 4.61. The van der Waals surface area contributed by atoms with Crippen molar-refractivity contribution in [1.82, 2.24) is 9.88 Å². The molecule has 4 nitrogen and oxygen atoms in total. The Balaban J connectivity index is 2.05. The van der Waals surface area contributed by atoms with Crippen molar-refractivity contribution in [3.05, 3.63) is 48.8 Å². The fourth-order valence-corrected chi connectivity index (χ4v) is 1.77. The van der Waals surface area contributed by atoms with Crippen LogP contribution in [0.2, 0.25) is 0 Å². The summed E-state index contributed by atoms with van der Waals surface area (Å²) in [7, 11) is 3.73. The molecule has 2 aromatic rings. The van der Waals surface area contributed by atoms with E-state index in [0.717, 1.165) is 16.8 Å². The van der Waals surface area contributed by atoms with Crippen LogP contribution in [0.25, 0.3) is 11.1 Å². The van der Waals surface area contributed by atoms with Crippen molar-refractivity contribution in [3.8, 4) is 11.1 Å². The number of pyridine rings is 1. The molecule has 0 unspecified atom stereocenters.